The Morgan fingerprint density at radius 3 is 2.69 bits per heavy atom. The fraction of sp³-hybridized carbons (Fsp3) is 0.308. The van der Waals surface area contributed by atoms with Gasteiger partial charge in [0.05, 0.1) is 0 Å². The van der Waals surface area contributed by atoms with E-state index in [1.807, 2.05) is 6.92 Å². The van der Waals surface area contributed by atoms with Crippen LogP contribution >= 0.6 is 0 Å². The van der Waals surface area contributed by atoms with Gasteiger partial charge >= 0.3 is 0 Å². The number of carbonyl (C=O) groups is 1. The molecule has 0 atom stereocenters. The van der Waals surface area contributed by atoms with Crippen LogP contribution in [0.25, 0.3) is 6.08 Å². The molecule has 0 aliphatic rings. The number of allylic oxidation sites excluding steroid dienone is 1. The minimum atomic E-state index is -0.178. The second-order valence-electron chi connectivity index (χ2n) is 3.65. The number of aromatic hydroxyl groups is 2. The van der Waals surface area contributed by atoms with E-state index in [1.165, 1.54) is 18.2 Å². The minimum Gasteiger partial charge on any atom is -0.504 e. The Kier molecular flexibility index (Phi) is 4.58. The molecule has 86 valence electrons. The van der Waals surface area contributed by atoms with E-state index < -0.39 is 0 Å². The van der Waals surface area contributed by atoms with Crippen LogP contribution in [-0.4, -0.2) is 16.0 Å². The molecular weight excluding hydrogens is 204 g/mol. The highest BCUT2D eigenvalue weighted by Crippen LogP contribution is 2.25. The number of benzene rings is 1. The predicted octanol–water partition coefficient (Wildman–Crippen LogP) is 2.87. The van der Waals surface area contributed by atoms with Crippen LogP contribution in [0.3, 0.4) is 0 Å². The summed E-state index contributed by atoms with van der Waals surface area (Å²) in [7, 11) is 0. The molecule has 0 fully saturated rings. The van der Waals surface area contributed by atoms with Crippen molar-refractivity contribution in [1.82, 2.24) is 0 Å². The molecule has 0 unspecified atom stereocenters. The molecule has 0 saturated carbocycles. The van der Waals surface area contributed by atoms with Gasteiger partial charge in [-0.2, -0.15) is 0 Å². The van der Waals surface area contributed by atoms with Crippen molar-refractivity contribution in [3.05, 3.63) is 29.8 Å². The van der Waals surface area contributed by atoms with Gasteiger partial charge in [0.15, 0.2) is 17.3 Å². The molecule has 3 heteroatoms. The Morgan fingerprint density at radius 2 is 2.06 bits per heavy atom. The van der Waals surface area contributed by atoms with Gasteiger partial charge in [-0.15, -0.1) is 0 Å². The SMILES string of the molecule is CCCCC(=O)/C=C/c1ccc(O)c(O)c1. The van der Waals surface area contributed by atoms with Gasteiger partial charge in [0, 0.05) is 6.42 Å². The third kappa shape index (κ3) is 3.77. The van der Waals surface area contributed by atoms with Crippen LogP contribution in [0.4, 0.5) is 0 Å². The lowest BCUT2D eigenvalue weighted by atomic mass is 10.1. The van der Waals surface area contributed by atoms with Crippen LogP contribution in [0, 0.1) is 0 Å². The molecule has 0 saturated heterocycles. The largest absolute Gasteiger partial charge is 0.504 e. The number of ketones is 1. The van der Waals surface area contributed by atoms with E-state index in [-0.39, 0.29) is 17.3 Å². The molecule has 0 radical (unpaired) electrons. The van der Waals surface area contributed by atoms with Crippen molar-refractivity contribution in [1.29, 1.82) is 0 Å². The third-order valence-corrected chi connectivity index (χ3v) is 2.24. The summed E-state index contributed by atoms with van der Waals surface area (Å²) in [6.45, 7) is 2.04. The van der Waals surface area contributed by atoms with Crippen LogP contribution in [0.15, 0.2) is 24.3 Å². The van der Waals surface area contributed by atoms with Crippen molar-refractivity contribution in [2.24, 2.45) is 0 Å². The van der Waals surface area contributed by atoms with Gasteiger partial charge in [-0.1, -0.05) is 25.5 Å². The molecule has 0 bridgehead atoms. The van der Waals surface area contributed by atoms with Gasteiger partial charge in [-0.3, -0.25) is 4.79 Å². The molecule has 1 aromatic carbocycles. The van der Waals surface area contributed by atoms with Crippen molar-refractivity contribution in [2.75, 3.05) is 0 Å². The monoisotopic (exact) mass is 220 g/mol. The Labute approximate surface area is 95.0 Å². The van der Waals surface area contributed by atoms with Crippen molar-refractivity contribution in [3.63, 3.8) is 0 Å². The molecule has 0 spiro atoms. The lowest BCUT2D eigenvalue weighted by Gasteiger charge is -1.98. The van der Waals surface area contributed by atoms with Gasteiger partial charge in [-0.25, -0.2) is 0 Å². The molecule has 0 aliphatic carbocycles. The summed E-state index contributed by atoms with van der Waals surface area (Å²) >= 11 is 0. The second-order valence-corrected chi connectivity index (χ2v) is 3.65. The molecule has 0 aliphatic heterocycles. The zero-order chi connectivity index (χ0) is 12.0. The van der Waals surface area contributed by atoms with Gasteiger partial charge in [0.25, 0.3) is 0 Å². The molecule has 16 heavy (non-hydrogen) atoms. The van der Waals surface area contributed by atoms with E-state index in [1.54, 1.807) is 12.1 Å². The molecular formula is C13H16O3. The topological polar surface area (TPSA) is 57.5 Å². The summed E-state index contributed by atoms with van der Waals surface area (Å²) < 4.78 is 0. The molecule has 1 rings (SSSR count). The number of phenolic OH excluding ortho intramolecular Hbond substituents is 2. The Balaban J connectivity index is 2.62. The normalized spacial score (nSPS) is 10.8. The van der Waals surface area contributed by atoms with Crippen LogP contribution in [0.1, 0.15) is 31.7 Å². The zero-order valence-electron chi connectivity index (χ0n) is 9.31. The minimum absolute atomic E-state index is 0.0782. The van der Waals surface area contributed by atoms with E-state index in [4.69, 9.17) is 5.11 Å². The highest BCUT2D eigenvalue weighted by molar-refractivity contribution is 5.93. The number of hydrogen-bond donors (Lipinski definition) is 2. The highest BCUT2D eigenvalue weighted by atomic mass is 16.3. The maximum absolute atomic E-state index is 11.3. The van der Waals surface area contributed by atoms with E-state index in [0.29, 0.717) is 12.0 Å². The number of hydrogen-bond acceptors (Lipinski definition) is 3. The predicted molar refractivity (Wildman–Crippen MR) is 63.3 cm³/mol. The fourth-order valence-electron chi connectivity index (χ4n) is 1.27. The van der Waals surface area contributed by atoms with E-state index in [9.17, 15) is 9.90 Å². The first-order chi connectivity index (χ1) is 7.63. The highest BCUT2D eigenvalue weighted by Gasteiger charge is 1.99. The fourth-order valence-corrected chi connectivity index (χ4v) is 1.27. The first-order valence-corrected chi connectivity index (χ1v) is 5.36. The smallest absolute Gasteiger partial charge is 0.157 e. The maximum Gasteiger partial charge on any atom is 0.157 e. The number of unbranched alkanes of at least 4 members (excludes halogenated alkanes) is 1. The summed E-state index contributed by atoms with van der Waals surface area (Å²) in [4.78, 5) is 11.3. The van der Waals surface area contributed by atoms with Gasteiger partial charge < -0.3 is 10.2 Å². The molecule has 0 aromatic heterocycles. The van der Waals surface area contributed by atoms with Gasteiger partial charge in [-0.05, 0) is 30.2 Å². The molecule has 1 aromatic rings. The molecule has 3 nitrogen and oxygen atoms in total. The van der Waals surface area contributed by atoms with Crippen molar-refractivity contribution in [3.8, 4) is 11.5 Å². The van der Waals surface area contributed by atoms with Crippen LogP contribution in [0.2, 0.25) is 0 Å². The van der Waals surface area contributed by atoms with Gasteiger partial charge in [0.1, 0.15) is 0 Å². The third-order valence-electron chi connectivity index (χ3n) is 2.24. The van der Waals surface area contributed by atoms with Crippen molar-refractivity contribution in [2.45, 2.75) is 26.2 Å². The lowest BCUT2D eigenvalue weighted by Crippen LogP contribution is -1.90. The first-order valence-electron chi connectivity index (χ1n) is 5.36. The molecule has 2 N–H and O–H groups in total. The first kappa shape index (κ1) is 12.3. The van der Waals surface area contributed by atoms with Crippen LogP contribution in [0.5, 0.6) is 11.5 Å². The second kappa shape index (κ2) is 5.95. The van der Waals surface area contributed by atoms with Crippen LogP contribution < -0.4 is 0 Å². The summed E-state index contributed by atoms with van der Waals surface area (Å²) in [5, 5.41) is 18.3. The van der Waals surface area contributed by atoms with E-state index in [0.717, 1.165) is 12.8 Å². The van der Waals surface area contributed by atoms with Crippen molar-refractivity contribution < 1.29 is 15.0 Å². The average Bonchev–Trinajstić information content (AvgIpc) is 2.28. The van der Waals surface area contributed by atoms with Crippen molar-refractivity contribution >= 4 is 11.9 Å². The Bertz CT molecular complexity index is 394. The quantitative estimate of drug-likeness (QED) is 0.592. The number of carbonyl (C=O) groups excluding carboxylic acids is 1. The standard InChI is InChI=1S/C13H16O3/c1-2-3-4-11(14)7-5-10-6-8-12(15)13(16)9-10/h5-9,15-16H,2-4H2,1H3/b7-5+. The van der Waals surface area contributed by atoms with E-state index >= 15 is 0 Å². The molecule has 0 heterocycles. The molecule has 0 amide bonds. The number of rotatable bonds is 5. The van der Waals surface area contributed by atoms with Gasteiger partial charge in [0.2, 0.25) is 0 Å². The van der Waals surface area contributed by atoms with Crippen LogP contribution in [-0.2, 0) is 4.79 Å². The van der Waals surface area contributed by atoms with E-state index in [2.05, 4.69) is 0 Å². The Morgan fingerprint density at radius 1 is 1.31 bits per heavy atom. The lowest BCUT2D eigenvalue weighted by molar-refractivity contribution is -0.114. The Hall–Kier alpha value is -1.77. The summed E-state index contributed by atoms with van der Waals surface area (Å²) in [6, 6.07) is 4.45. The summed E-state index contributed by atoms with van der Waals surface area (Å²) in [5.74, 6) is -0.257. The summed E-state index contributed by atoms with van der Waals surface area (Å²) in [6.07, 6.45) is 5.58. The number of phenols is 2. The summed E-state index contributed by atoms with van der Waals surface area (Å²) in [5.41, 5.74) is 0.695. The average molecular weight is 220 g/mol. The zero-order valence-corrected chi connectivity index (χ0v) is 9.31. The maximum atomic E-state index is 11.3.